The van der Waals surface area contributed by atoms with Crippen molar-refractivity contribution in [2.45, 2.75) is 25.8 Å². The van der Waals surface area contributed by atoms with E-state index in [1.54, 1.807) is 0 Å². The number of hydrogen-bond acceptors (Lipinski definition) is 5. The lowest BCUT2D eigenvalue weighted by Crippen LogP contribution is -2.46. The van der Waals surface area contributed by atoms with Gasteiger partial charge < -0.3 is 20.1 Å². The van der Waals surface area contributed by atoms with Crippen molar-refractivity contribution in [2.75, 3.05) is 59.7 Å². The topological polar surface area (TPSA) is 58.1 Å². The molecule has 1 aliphatic rings. The predicted molar refractivity (Wildman–Crippen MR) is 120 cm³/mol. The predicted octanol–water partition coefficient (Wildman–Crippen LogP) is 2.72. The molecule has 6 nitrogen and oxygen atoms in total. The summed E-state index contributed by atoms with van der Waals surface area (Å²) in [4.78, 5) is 8.23. The van der Waals surface area contributed by atoms with E-state index in [-0.39, 0.29) is 24.0 Å². The van der Waals surface area contributed by atoms with Crippen LogP contribution in [0.4, 0.5) is 0 Å². The molecule has 0 spiro atoms. The van der Waals surface area contributed by atoms with E-state index in [1.807, 2.05) is 25.3 Å². The fourth-order valence-electron chi connectivity index (χ4n) is 2.87. The second kappa shape index (κ2) is 14.6. The number of halogens is 1. The Balaban J connectivity index is 0.00000338. The number of nitrogens with zero attached hydrogens (tertiary/aromatic N) is 2. The summed E-state index contributed by atoms with van der Waals surface area (Å²) in [5.74, 6) is 0.867. The molecule has 0 radical (unpaired) electrons. The first-order chi connectivity index (χ1) is 12.3. The molecule has 0 aliphatic carbocycles. The van der Waals surface area contributed by atoms with E-state index >= 15 is 0 Å². The molecule has 2 rings (SSSR count). The quantitative estimate of drug-likeness (QED) is 0.226. The lowest BCUT2D eigenvalue weighted by molar-refractivity contribution is 0.0177. The fraction of sp³-hybridized carbons (Fsp3) is 0.722. The van der Waals surface area contributed by atoms with Crippen molar-refractivity contribution in [2.24, 2.45) is 4.99 Å². The number of aliphatic imine (C=N–C) groups is 1. The zero-order valence-electron chi connectivity index (χ0n) is 15.9. The number of morpholine rings is 1. The number of thiophene rings is 1. The van der Waals surface area contributed by atoms with Crippen LogP contribution in [0.5, 0.6) is 0 Å². The van der Waals surface area contributed by atoms with Gasteiger partial charge in [-0.15, -0.1) is 35.3 Å². The first-order valence-corrected chi connectivity index (χ1v) is 10.1. The van der Waals surface area contributed by atoms with Gasteiger partial charge in [-0.3, -0.25) is 9.89 Å². The summed E-state index contributed by atoms with van der Waals surface area (Å²) in [6, 6.07) is 4.70. The summed E-state index contributed by atoms with van der Waals surface area (Å²) in [7, 11) is 1.82. The highest BCUT2D eigenvalue weighted by Gasteiger charge is 2.23. The molecule has 0 aromatic carbocycles. The van der Waals surface area contributed by atoms with Crippen LogP contribution in [0.3, 0.4) is 0 Å². The standard InChI is InChI=1S/C18H32N4O2S.HI/c1-3-23-11-5-4-8-20-18(19-2)21-15-16(17-7-6-14-25-17)22-9-12-24-13-10-22;/h6-7,14,16H,3-5,8-13,15H2,1-2H3,(H2,19,20,21);1H. The number of unbranched alkanes of at least 4 members (excludes halogenated alkanes) is 1. The number of guanidine groups is 1. The Morgan fingerprint density at radius 3 is 2.81 bits per heavy atom. The van der Waals surface area contributed by atoms with Gasteiger partial charge in [-0.25, -0.2) is 0 Å². The van der Waals surface area contributed by atoms with Gasteiger partial charge in [0.2, 0.25) is 0 Å². The molecule has 1 aromatic heterocycles. The summed E-state index contributed by atoms with van der Waals surface area (Å²) in [6.07, 6.45) is 2.15. The van der Waals surface area contributed by atoms with Crippen LogP contribution < -0.4 is 10.6 Å². The Labute approximate surface area is 178 Å². The van der Waals surface area contributed by atoms with Crippen molar-refractivity contribution in [1.82, 2.24) is 15.5 Å². The lowest BCUT2D eigenvalue weighted by atomic mass is 10.2. The van der Waals surface area contributed by atoms with Crippen LogP contribution in [0.2, 0.25) is 0 Å². The first-order valence-electron chi connectivity index (χ1n) is 9.22. The van der Waals surface area contributed by atoms with Gasteiger partial charge in [0.1, 0.15) is 0 Å². The van der Waals surface area contributed by atoms with Gasteiger partial charge in [0, 0.05) is 51.3 Å². The van der Waals surface area contributed by atoms with Crippen LogP contribution in [0.25, 0.3) is 0 Å². The molecule has 1 saturated heterocycles. The third-order valence-electron chi connectivity index (χ3n) is 4.26. The van der Waals surface area contributed by atoms with Crippen LogP contribution in [-0.4, -0.2) is 70.5 Å². The van der Waals surface area contributed by atoms with Gasteiger partial charge in [0.05, 0.1) is 19.3 Å². The van der Waals surface area contributed by atoms with Crippen molar-refractivity contribution >= 4 is 41.3 Å². The summed E-state index contributed by atoms with van der Waals surface area (Å²) in [5, 5.41) is 9.03. The molecule has 1 unspecified atom stereocenters. The van der Waals surface area contributed by atoms with Crippen molar-refractivity contribution in [3.63, 3.8) is 0 Å². The van der Waals surface area contributed by atoms with Crippen molar-refractivity contribution in [3.05, 3.63) is 22.4 Å². The highest BCUT2D eigenvalue weighted by molar-refractivity contribution is 14.0. The molecule has 8 heteroatoms. The molecule has 26 heavy (non-hydrogen) atoms. The van der Waals surface area contributed by atoms with E-state index in [0.29, 0.717) is 6.04 Å². The Morgan fingerprint density at radius 2 is 2.15 bits per heavy atom. The molecule has 1 atom stereocenters. The summed E-state index contributed by atoms with van der Waals surface area (Å²) in [6.45, 7) is 9.00. The average molecular weight is 496 g/mol. The second-order valence-electron chi connectivity index (χ2n) is 5.96. The van der Waals surface area contributed by atoms with E-state index < -0.39 is 0 Å². The van der Waals surface area contributed by atoms with Crippen LogP contribution >= 0.6 is 35.3 Å². The molecule has 150 valence electrons. The van der Waals surface area contributed by atoms with Crippen LogP contribution in [0.1, 0.15) is 30.7 Å². The van der Waals surface area contributed by atoms with Gasteiger partial charge in [0.25, 0.3) is 0 Å². The van der Waals surface area contributed by atoms with E-state index in [1.165, 1.54) is 4.88 Å². The Kier molecular flexibility index (Phi) is 13.3. The average Bonchev–Trinajstić information content (AvgIpc) is 3.18. The van der Waals surface area contributed by atoms with Crippen molar-refractivity contribution in [1.29, 1.82) is 0 Å². The van der Waals surface area contributed by atoms with E-state index in [2.05, 4.69) is 38.0 Å². The van der Waals surface area contributed by atoms with Crippen LogP contribution in [-0.2, 0) is 9.47 Å². The van der Waals surface area contributed by atoms with Gasteiger partial charge >= 0.3 is 0 Å². The Morgan fingerprint density at radius 1 is 1.35 bits per heavy atom. The van der Waals surface area contributed by atoms with Crippen LogP contribution in [0, 0.1) is 0 Å². The Hall–Kier alpha value is -0.420. The van der Waals surface area contributed by atoms with Crippen LogP contribution in [0.15, 0.2) is 22.5 Å². The van der Waals surface area contributed by atoms with Gasteiger partial charge in [-0.05, 0) is 31.2 Å². The molecule has 2 N–H and O–H groups in total. The highest BCUT2D eigenvalue weighted by Crippen LogP contribution is 2.25. The van der Waals surface area contributed by atoms with Gasteiger partial charge in [0.15, 0.2) is 5.96 Å². The second-order valence-corrected chi connectivity index (χ2v) is 6.94. The van der Waals surface area contributed by atoms with Gasteiger partial charge in [-0.2, -0.15) is 0 Å². The minimum absolute atomic E-state index is 0. The molecule has 0 saturated carbocycles. The fourth-order valence-corrected chi connectivity index (χ4v) is 3.73. The third-order valence-corrected chi connectivity index (χ3v) is 5.23. The number of ether oxygens (including phenoxy) is 2. The monoisotopic (exact) mass is 496 g/mol. The van der Waals surface area contributed by atoms with Gasteiger partial charge in [-0.1, -0.05) is 6.07 Å². The molecule has 0 amide bonds. The molecule has 2 heterocycles. The minimum atomic E-state index is 0. The van der Waals surface area contributed by atoms with Crippen molar-refractivity contribution in [3.8, 4) is 0 Å². The zero-order chi connectivity index (χ0) is 17.7. The first kappa shape index (κ1) is 23.6. The lowest BCUT2D eigenvalue weighted by Gasteiger charge is -2.34. The normalized spacial score (nSPS) is 16.8. The SMILES string of the molecule is CCOCCCCNC(=NC)NCC(c1cccs1)N1CCOCC1.I. The third kappa shape index (κ3) is 8.51. The summed E-state index contributed by atoms with van der Waals surface area (Å²) >= 11 is 1.82. The van der Waals surface area contributed by atoms with E-state index in [9.17, 15) is 0 Å². The molecule has 1 aromatic rings. The molecular weight excluding hydrogens is 463 g/mol. The number of rotatable bonds is 10. The largest absolute Gasteiger partial charge is 0.382 e. The smallest absolute Gasteiger partial charge is 0.191 e. The molecule has 1 aliphatic heterocycles. The maximum atomic E-state index is 5.50. The Bertz CT molecular complexity index is 482. The summed E-state index contributed by atoms with van der Waals surface area (Å²) < 4.78 is 10.9. The number of hydrogen-bond donors (Lipinski definition) is 2. The molecule has 1 fully saturated rings. The highest BCUT2D eigenvalue weighted by atomic mass is 127. The number of nitrogens with one attached hydrogen (secondary N) is 2. The molecule has 0 bridgehead atoms. The maximum absolute atomic E-state index is 5.50. The van der Waals surface area contributed by atoms with E-state index in [0.717, 1.165) is 71.4 Å². The summed E-state index contributed by atoms with van der Waals surface area (Å²) in [5.41, 5.74) is 0. The zero-order valence-corrected chi connectivity index (χ0v) is 19.1. The van der Waals surface area contributed by atoms with Crippen molar-refractivity contribution < 1.29 is 9.47 Å². The molecular formula is C18H33IN4O2S. The minimum Gasteiger partial charge on any atom is -0.382 e. The maximum Gasteiger partial charge on any atom is 0.191 e. The van der Waals surface area contributed by atoms with E-state index in [4.69, 9.17) is 9.47 Å².